The van der Waals surface area contributed by atoms with Crippen molar-refractivity contribution in [2.45, 2.75) is 38.8 Å². The van der Waals surface area contributed by atoms with E-state index in [1.807, 2.05) is 54.3 Å². The molecule has 1 saturated heterocycles. The smallest absolute Gasteiger partial charge is 0.256 e. The highest BCUT2D eigenvalue weighted by Crippen LogP contribution is 2.30. The molecule has 0 radical (unpaired) electrons. The number of carbonyl (C=O) groups excluding carboxylic acids is 1. The molecule has 0 saturated carbocycles. The van der Waals surface area contributed by atoms with Gasteiger partial charge in [-0.2, -0.15) is 15.0 Å². The first-order valence-electron chi connectivity index (χ1n) is 11.0. The number of hydrogen-bond acceptors (Lipinski definition) is 4. The molecule has 1 aliphatic rings. The number of aryl methyl sites for hydroxylation is 1. The van der Waals surface area contributed by atoms with E-state index in [0.29, 0.717) is 17.8 Å². The molecule has 1 amide bonds. The van der Waals surface area contributed by atoms with Crippen LogP contribution in [0.25, 0.3) is 16.5 Å². The van der Waals surface area contributed by atoms with Gasteiger partial charge in [0.15, 0.2) is 0 Å². The van der Waals surface area contributed by atoms with E-state index >= 15 is 0 Å². The topological polar surface area (TPSA) is 60.2 Å². The van der Waals surface area contributed by atoms with Gasteiger partial charge in [-0.1, -0.05) is 48.0 Å². The Labute approximate surface area is 187 Å². The number of hydrogen-bond donors (Lipinski definition) is 0. The molecule has 32 heavy (non-hydrogen) atoms. The van der Waals surface area contributed by atoms with Crippen molar-refractivity contribution in [1.82, 2.24) is 19.9 Å². The fourth-order valence-electron chi connectivity index (χ4n) is 4.42. The van der Waals surface area contributed by atoms with Gasteiger partial charge < -0.3 is 9.64 Å². The zero-order chi connectivity index (χ0) is 22.1. The van der Waals surface area contributed by atoms with Crippen LogP contribution in [0.4, 0.5) is 0 Å². The van der Waals surface area contributed by atoms with Crippen LogP contribution < -0.4 is 4.74 Å². The van der Waals surface area contributed by atoms with Crippen LogP contribution in [-0.2, 0) is 0 Å². The zero-order valence-corrected chi connectivity index (χ0v) is 18.3. The largest absolute Gasteiger partial charge is 0.488 e. The molecular formula is C26H26N4O2. The van der Waals surface area contributed by atoms with Gasteiger partial charge in [-0.15, -0.1) is 0 Å². The van der Waals surface area contributed by atoms with Crippen LogP contribution in [0.5, 0.6) is 5.75 Å². The minimum atomic E-state index is -0.0583. The lowest BCUT2D eigenvalue weighted by Crippen LogP contribution is -2.49. The maximum atomic E-state index is 13.7. The number of ether oxygens (including phenoxy) is 1. The van der Waals surface area contributed by atoms with E-state index < -0.39 is 0 Å². The number of amides is 1. The second-order valence-corrected chi connectivity index (χ2v) is 8.44. The maximum absolute atomic E-state index is 13.7. The first kappa shape index (κ1) is 20.2. The van der Waals surface area contributed by atoms with Crippen molar-refractivity contribution in [3.8, 4) is 11.4 Å². The summed E-state index contributed by atoms with van der Waals surface area (Å²) in [5.74, 6) is 0.853. The van der Waals surface area contributed by atoms with Crippen molar-refractivity contribution in [3.05, 3.63) is 84.2 Å². The lowest BCUT2D eigenvalue weighted by atomic mass is 9.99. The van der Waals surface area contributed by atoms with Crippen molar-refractivity contribution in [1.29, 1.82) is 0 Å². The highest BCUT2D eigenvalue weighted by molar-refractivity contribution is 5.98. The van der Waals surface area contributed by atoms with Gasteiger partial charge in [-0.05, 0) is 50.3 Å². The number of rotatable bonds is 4. The second kappa shape index (κ2) is 8.46. The predicted molar refractivity (Wildman–Crippen MR) is 124 cm³/mol. The summed E-state index contributed by atoms with van der Waals surface area (Å²) in [6.45, 7) is 4.64. The molecule has 162 valence electrons. The summed E-state index contributed by atoms with van der Waals surface area (Å²) in [6.07, 6.45) is 4.98. The van der Waals surface area contributed by atoms with Crippen LogP contribution in [-0.4, -0.2) is 44.5 Å². The first-order chi connectivity index (χ1) is 15.6. The molecular weight excluding hydrogens is 400 g/mol. The molecule has 5 rings (SSSR count). The zero-order valence-electron chi connectivity index (χ0n) is 18.3. The maximum Gasteiger partial charge on any atom is 0.256 e. The van der Waals surface area contributed by atoms with E-state index in [0.717, 1.165) is 34.9 Å². The third-order valence-electron chi connectivity index (χ3n) is 6.16. The second-order valence-electron chi connectivity index (χ2n) is 8.44. The first-order valence-corrected chi connectivity index (χ1v) is 11.0. The third kappa shape index (κ3) is 3.84. The fraction of sp³-hybridized carbons (Fsp3) is 0.269. The van der Waals surface area contributed by atoms with Gasteiger partial charge >= 0.3 is 0 Å². The predicted octanol–water partition coefficient (Wildman–Crippen LogP) is 4.80. The number of aromatic nitrogens is 3. The van der Waals surface area contributed by atoms with Gasteiger partial charge in [-0.25, -0.2) is 0 Å². The minimum Gasteiger partial charge on any atom is -0.488 e. The van der Waals surface area contributed by atoms with Crippen LogP contribution in [0.15, 0.2) is 73.1 Å². The molecule has 6 nitrogen and oxygen atoms in total. The van der Waals surface area contributed by atoms with E-state index in [1.165, 1.54) is 4.80 Å². The molecule has 0 N–H and O–H groups in total. The van der Waals surface area contributed by atoms with E-state index in [2.05, 4.69) is 35.3 Å². The summed E-state index contributed by atoms with van der Waals surface area (Å²) in [5.41, 5.74) is 2.33. The Kier molecular flexibility index (Phi) is 5.35. The Hall–Kier alpha value is -3.67. The Balaban J connectivity index is 1.42. The van der Waals surface area contributed by atoms with E-state index in [9.17, 15) is 4.79 Å². The molecule has 1 aromatic heterocycles. The van der Waals surface area contributed by atoms with Gasteiger partial charge in [0.05, 0.1) is 30.2 Å². The Morgan fingerprint density at radius 1 is 1.00 bits per heavy atom. The van der Waals surface area contributed by atoms with E-state index in [4.69, 9.17) is 4.74 Å². The van der Waals surface area contributed by atoms with Gasteiger partial charge in [0.1, 0.15) is 11.9 Å². The number of carbonyl (C=O) groups is 1. The quantitative estimate of drug-likeness (QED) is 0.470. The number of nitrogens with zero attached hydrogens (tertiary/aromatic N) is 4. The molecule has 0 aliphatic carbocycles. The Morgan fingerprint density at radius 3 is 2.62 bits per heavy atom. The molecule has 4 aromatic rings. The average molecular weight is 427 g/mol. The van der Waals surface area contributed by atoms with Crippen molar-refractivity contribution in [2.24, 2.45) is 0 Å². The summed E-state index contributed by atoms with van der Waals surface area (Å²) in [7, 11) is 0. The average Bonchev–Trinajstić information content (AvgIpc) is 3.35. The third-order valence-corrected chi connectivity index (χ3v) is 6.16. The highest BCUT2D eigenvalue weighted by Gasteiger charge is 2.32. The molecule has 3 aromatic carbocycles. The lowest BCUT2D eigenvalue weighted by molar-refractivity contribution is 0.0388. The normalized spacial score (nSPS) is 18.6. The Bertz CT molecular complexity index is 1250. The molecule has 0 spiro atoms. The van der Waals surface area contributed by atoms with Crippen LogP contribution in [0.1, 0.15) is 35.7 Å². The van der Waals surface area contributed by atoms with Crippen LogP contribution in [0.2, 0.25) is 0 Å². The molecule has 6 heteroatoms. The van der Waals surface area contributed by atoms with E-state index in [-0.39, 0.29) is 18.1 Å². The van der Waals surface area contributed by atoms with E-state index in [1.54, 1.807) is 12.4 Å². The fourth-order valence-corrected chi connectivity index (χ4v) is 4.42. The van der Waals surface area contributed by atoms with Crippen molar-refractivity contribution in [3.63, 3.8) is 0 Å². The summed E-state index contributed by atoms with van der Waals surface area (Å²) < 4.78 is 6.44. The van der Waals surface area contributed by atoms with Crippen molar-refractivity contribution in [2.75, 3.05) is 6.54 Å². The number of piperidine rings is 1. The summed E-state index contributed by atoms with van der Waals surface area (Å²) in [6, 6.07) is 20.3. The van der Waals surface area contributed by atoms with Crippen molar-refractivity contribution >= 4 is 16.7 Å². The van der Waals surface area contributed by atoms with Crippen LogP contribution in [0, 0.1) is 6.92 Å². The van der Waals surface area contributed by atoms with Crippen molar-refractivity contribution < 1.29 is 9.53 Å². The summed E-state index contributed by atoms with van der Waals surface area (Å²) >= 11 is 0. The SMILES string of the molecule is Cc1ccc(-n2nccn2)c(C(=O)N2C[C@H](Oc3cccc4ccccc34)CC[C@H]2C)c1. The van der Waals surface area contributed by atoms with Crippen LogP contribution in [0.3, 0.4) is 0 Å². The van der Waals surface area contributed by atoms with Gasteiger partial charge in [0.25, 0.3) is 5.91 Å². The molecule has 2 heterocycles. The van der Waals surface area contributed by atoms with Crippen LogP contribution >= 0.6 is 0 Å². The monoisotopic (exact) mass is 426 g/mol. The van der Waals surface area contributed by atoms with Gasteiger partial charge in [0.2, 0.25) is 0 Å². The molecule has 1 aliphatic heterocycles. The summed E-state index contributed by atoms with van der Waals surface area (Å²) in [4.78, 5) is 17.1. The number of likely N-dealkylation sites (tertiary alicyclic amines) is 1. The van der Waals surface area contributed by atoms with Gasteiger partial charge in [-0.3, -0.25) is 4.79 Å². The molecule has 0 bridgehead atoms. The standard InChI is InChI=1S/C26H26N4O2/c1-18-10-13-24(30-27-14-15-28-30)23(16-18)26(31)29-17-21(12-11-19(29)2)32-25-9-5-7-20-6-3-4-8-22(20)25/h3-10,13-16,19,21H,11-12,17H2,1-2H3/t19-,21-/m1/s1. The minimum absolute atomic E-state index is 0.0141. The molecule has 0 unspecified atom stereocenters. The Morgan fingerprint density at radius 2 is 1.78 bits per heavy atom. The number of fused-ring (bicyclic) bond motifs is 1. The lowest BCUT2D eigenvalue weighted by Gasteiger charge is -2.38. The highest BCUT2D eigenvalue weighted by atomic mass is 16.5. The molecule has 1 fully saturated rings. The van der Waals surface area contributed by atoms with Gasteiger partial charge in [0, 0.05) is 11.4 Å². The molecule has 2 atom stereocenters. The summed E-state index contributed by atoms with van der Waals surface area (Å²) in [5, 5.41) is 10.7. The number of benzene rings is 3.